The number of benzene rings is 2. The zero-order valence-corrected chi connectivity index (χ0v) is 23.9. The van der Waals surface area contributed by atoms with E-state index in [2.05, 4.69) is 28.1 Å². The lowest BCUT2D eigenvalue weighted by Gasteiger charge is -2.44. The van der Waals surface area contributed by atoms with E-state index in [-0.39, 0.29) is 47.4 Å². The Morgan fingerprint density at radius 3 is 2.38 bits per heavy atom. The van der Waals surface area contributed by atoms with Crippen molar-refractivity contribution < 1.29 is 18.0 Å². The van der Waals surface area contributed by atoms with Crippen LogP contribution in [0, 0.1) is 0 Å². The highest BCUT2D eigenvalue weighted by molar-refractivity contribution is 7.86. The SMILES string of the molecule is C[C@@H]1CC(NC(=O)c2cc3c(cc2Cl)NC(=O)C3)C[C@H](C)N1S(=O)(=O)N1CCC(NCc2ccccc2)CC1. The van der Waals surface area contributed by atoms with Crippen LogP contribution in [0.1, 0.15) is 61.0 Å². The van der Waals surface area contributed by atoms with Gasteiger partial charge in [0.2, 0.25) is 5.91 Å². The van der Waals surface area contributed by atoms with Gasteiger partial charge in [0.15, 0.2) is 0 Å². The molecule has 3 aliphatic rings. The lowest BCUT2D eigenvalue weighted by Crippen LogP contribution is -2.59. The Labute approximate surface area is 235 Å². The molecule has 0 saturated carbocycles. The number of carbonyl (C=O) groups excluding carboxylic acids is 2. The molecular formula is C28H36ClN5O4S. The zero-order chi connectivity index (χ0) is 27.7. The second-order valence-corrected chi connectivity index (χ2v) is 13.2. The number of rotatable bonds is 7. The van der Waals surface area contributed by atoms with E-state index in [1.165, 1.54) is 5.56 Å². The fourth-order valence-electron chi connectivity index (χ4n) is 6.10. The number of piperidine rings is 2. The Morgan fingerprint density at radius 1 is 1.05 bits per heavy atom. The van der Waals surface area contributed by atoms with Gasteiger partial charge in [0, 0.05) is 49.5 Å². The third-order valence-corrected chi connectivity index (χ3v) is 10.6. The van der Waals surface area contributed by atoms with Crippen molar-refractivity contribution in [2.24, 2.45) is 0 Å². The van der Waals surface area contributed by atoms with Crippen molar-refractivity contribution in [2.75, 3.05) is 18.4 Å². The lowest BCUT2D eigenvalue weighted by atomic mass is 9.95. The van der Waals surface area contributed by atoms with Crippen LogP contribution >= 0.6 is 11.6 Å². The first-order valence-electron chi connectivity index (χ1n) is 13.6. The van der Waals surface area contributed by atoms with E-state index < -0.39 is 10.2 Å². The summed E-state index contributed by atoms with van der Waals surface area (Å²) in [5.74, 6) is -0.435. The van der Waals surface area contributed by atoms with Crippen LogP contribution in [-0.2, 0) is 28.0 Å². The van der Waals surface area contributed by atoms with Crippen molar-refractivity contribution in [3.8, 4) is 0 Å². The predicted molar refractivity (Wildman–Crippen MR) is 152 cm³/mol. The summed E-state index contributed by atoms with van der Waals surface area (Å²) in [6, 6.07) is 13.0. The van der Waals surface area contributed by atoms with Crippen molar-refractivity contribution in [1.82, 2.24) is 19.2 Å². The number of hydrogen-bond donors (Lipinski definition) is 3. The average molecular weight is 574 g/mol. The number of hydrogen-bond acceptors (Lipinski definition) is 5. The van der Waals surface area contributed by atoms with E-state index in [0.717, 1.165) is 24.9 Å². The number of amides is 2. The number of nitrogens with one attached hydrogen (secondary N) is 3. The smallest absolute Gasteiger partial charge is 0.282 e. The molecule has 5 rings (SSSR count). The Kier molecular flexibility index (Phi) is 8.30. The molecule has 0 radical (unpaired) electrons. The molecule has 9 nitrogen and oxygen atoms in total. The molecule has 3 atom stereocenters. The lowest BCUT2D eigenvalue weighted by molar-refractivity contribution is -0.115. The van der Waals surface area contributed by atoms with Gasteiger partial charge in [-0.1, -0.05) is 41.9 Å². The van der Waals surface area contributed by atoms with Crippen molar-refractivity contribution in [3.05, 3.63) is 64.2 Å². The molecule has 2 amide bonds. The van der Waals surface area contributed by atoms with Gasteiger partial charge in [0.1, 0.15) is 0 Å². The average Bonchev–Trinajstić information content (AvgIpc) is 3.26. The third-order valence-electron chi connectivity index (χ3n) is 8.00. The summed E-state index contributed by atoms with van der Waals surface area (Å²) in [4.78, 5) is 24.8. The van der Waals surface area contributed by atoms with Gasteiger partial charge in [-0.3, -0.25) is 9.59 Å². The normalized spacial score (nSPS) is 24.8. The van der Waals surface area contributed by atoms with Gasteiger partial charge in [-0.05, 0) is 62.8 Å². The van der Waals surface area contributed by atoms with Crippen molar-refractivity contribution in [3.63, 3.8) is 0 Å². The maximum Gasteiger partial charge on any atom is 0.282 e. The van der Waals surface area contributed by atoms with Gasteiger partial charge < -0.3 is 16.0 Å². The van der Waals surface area contributed by atoms with Crippen molar-refractivity contribution in [1.29, 1.82) is 0 Å². The van der Waals surface area contributed by atoms with Gasteiger partial charge in [0.05, 0.1) is 17.0 Å². The molecule has 3 N–H and O–H groups in total. The monoisotopic (exact) mass is 573 g/mol. The molecule has 39 heavy (non-hydrogen) atoms. The van der Waals surface area contributed by atoms with Crippen LogP contribution in [0.3, 0.4) is 0 Å². The predicted octanol–water partition coefficient (Wildman–Crippen LogP) is 3.30. The summed E-state index contributed by atoms with van der Waals surface area (Å²) in [6.45, 7) is 5.55. The molecule has 11 heteroatoms. The first-order chi connectivity index (χ1) is 18.6. The molecule has 0 bridgehead atoms. The van der Waals surface area contributed by atoms with Crippen LogP contribution in [0.4, 0.5) is 5.69 Å². The molecule has 0 spiro atoms. The molecule has 2 aromatic carbocycles. The summed E-state index contributed by atoms with van der Waals surface area (Å²) in [6.07, 6.45) is 2.77. The van der Waals surface area contributed by atoms with Crippen LogP contribution < -0.4 is 16.0 Å². The molecule has 2 saturated heterocycles. The van der Waals surface area contributed by atoms with Crippen molar-refractivity contribution >= 4 is 39.3 Å². The Morgan fingerprint density at radius 2 is 1.72 bits per heavy atom. The van der Waals surface area contributed by atoms with Gasteiger partial charge in [-0.15, -0.1) is 0 Å². The Bertz CT molecular complexity index is 1320. The fraction of sp³-hybridized carbons (Fsp3) is 0.500. The van der Waals surface area contributed by atoms with E-state index in [9.17, 15) is 18.0 Å². The second kappa shape index (κ2) is 11.5. The van der Waals surface area contributed by atoms with E-state index in [4.69, 9.17) is 11.6 Å². The van der Waals surface area contributed by atoms with Crippen LogP contribution in [0.25, 0.3) is 0 Å². The number of anilines is 1. The number of halogens is 1. The van der Waals surface area contributed by atoms with Gasteiger partial charge in [-0.25, -0.2) is 0 Å². The van der Waals surface area contributed by atoms with Gasteiger partial charge in [-0.2, -0.15) is 17.0 Å². The maximum absolute atomic E-state index is 13.7. The molecule has 3 heterocycles. The molecule has 2 fully saturated rings. The Hall–Kier alpha value is -2.50. The summed E-state index contributed by atoms with van der Waals surface area (Å²) in [5, 5.41) is 9.62. The molecule has 0 aliphatic carbocycles. The Balaban J connectivity index is 1.16. The van der Waals surface area contributed by atoms with Crippen molar-refractivity contribution in [2.45, 2.75) is 76.7 Å². The molecule has 2 aromatic rings. The minimum atomic E-state index is -3.63. The highest BCUT2D eigenvalue weighted by atomic mass is 35.5. The van der Waals surface area contributed by atoms with E-state index in [0.29, 0.717) is 37.2 Å². The molecule has 0 aromatic heterocycles. The molecule has 210 valence electrons. The highest BCUT2D eigenvalue weighted by Crippen LogP contribution is 2.32. The summed E-state index contributed by atoms with van der Waals surface area (Å²) in [5.41, 5.74) is 2.93. The molecular weight excluding hydrogens is 538 g/mol. The highest BCUT2D eigenvalue weighted by Gasteiger charge is 2.42. The quantitative estimate of drug-likeness (QED) is 0.471. The molecule has 1 unspecified atom stereocenters. The second-order valence-electron chi connectivity index (χ2n) is 10.9. The minimum absolute atomic E-state index is 0.123. The number of fused-ring (bicyclic) bond motifs is 1. The van der Waals surface area contributed by atoms with E-state index in [1.54, 1.807) is 20.7 Å². The molecule has 3 aliphatic heterocycles. The van der Waals surface area contributed by atoms with Gasteiger partial charge >= 0.3 is 0 Å². The number of nitrogens with zero attached hydrogens (tertiary/aromatic N) is 2. The standard InChI is InChI=1S/C28H36ClN5O4S/c1-18-12-23(31-28(36)24-14-21-15-27(35)32-26(21)16-25(24)29)13-19(2)34(18)39(37,38)33-10-8-22(9-11-33)30-17-20-6-4-3-5-7-20/h3-7,14,16,18-19,22-23,30H,8-13,15,17H2,1-2H3,(H,31,36)(H,32,35)/t18-,19+,23?. The summed E-state index contributed by atoms with van der Waals surface area (Å²) < 4.78 is 30.6. The topological polar surface area (TPSA) is 111 Å². The largest absolute Gasteiger partial charge is 0.349 e. The van der Waals surface area contributed by atoms with E-state index in [1.807, 2.05) is 32.0 Å². The van der Waals surface area contributed by atoms with E-state index >= 15 is 0 Å². The third kappa shape index (κ3) is 6.15. The van der Waals surface area contributed by atoms with Gasteiger partial charge in [0.25, 0.3) is 16.1 Å². The maximum atomic E-state index is 13.7. The summed E-state index contributed by atoms with van der Waals surface area (Å²) in [7, 11) is -3.63. The minimum Gasteiger partial charge on any atom is -0.349 e. The first kappa shape index (κ1) is 28.0. The van der Waals surface area contributed by atoms with Crippen LogP contribution in [0.15, 0.2) is 42.5 Å². The van der Waals surface area contributed by atoms with Crippen LogP contribution in [-0.4, -0.2) is 66.1 Å². The van der Waals surface area contributed by atoms with Crippen LogP contribution in [0.5, 0.6) is 0 Å². The zero-order valence-electron chi connectivity index (χ0n) is 22.3. The summed E-state index contributed by atoms with van der Waals surface area (Å²) >= 11 is 6.35. The number of carbonyl (C=O) groups is 2. The fourth-order valence-corrected chi connectivity index (χ4v) is 8.37. The first-order valence-corrected chi connectivity index (χ1v) is 15.4. The van der Waals surface area contributed by atoms with Crippen LogP contribution in [0.2, 0.25) is 5.02 Å².